The number of aryl methyl sites for hydroxylation is 1. The summed E-state index contributed by atoms with van der Waals surface area (Å²) >= 11 is 1.35. The van der Waals surface area contributed by atoms with Crippen molar-refractivity contribution >= 4 is 23.4 Å². The first-order valence-electron chi connectivity index (χ1n) is 10.5. The van der Waals surface area contributed by atoms with Crippen LogP contribution < -0.4 is 10.1 Å². The third-order valence-electron chi connectivity index (χ3n) is 5.07. The van der Waals surface area contributed by atoms with Crippen LogP contribution in [-0.4, -0.2) is 26.4 Å². The van der Waals surface area contributed by atoms with Gasteiger partial charge < -0.3 is 14.6 Å². The molecule has 31 heavy (non-hydrogen) atoms. The lowest BCUT2D eigenvalue weighted by atomic mass is 10.0. The van der Waals surface area contributed by atoms with Crippen molar-refractivity contribution in [3.05, 3.63) is 65.5 Å². The summed E-state index contributed by atoms with van der Waals surface area (Å²) in [6, 6.07) is 16.0. The summed E-state index contributed by atoms with van der Waals surface area (Å²) in [4.78, 5) is 12.3. The fraction of sp³-hybridized carbons (Fsp3) is 0.375. The highest BCUT2D eigenvalue weighted by Crippen LogP contribution is 2.24. The van der Waals surface area contributed by atoms with Crippen LogP contribution in [0.15, 0.2) is 53.7 Å². The summed E-state index contributed by atoms with van der Waals surface area (Å²) in [5.41, 5.74) is 3.31. The van der Waals surface area contributed by atoms with Crippen molar-refractivity contribution in [3.8, 4) is 5.75 Å². The number of anilines is 1. The van der Waals surface area contributed by atoms with Gasteiger partial charge in [0.15, 0.2) is 17.1 Å². The third kappa shape index (κ3) is 6.10. The molecule has 1 amide bonds. The van der Waals surface area contributed by atoms with E-state index < -0.39 is 0 Å². The molecule has 164 valence electrons. The Hall–Kier alpha value is -2.80. The average Bonchev–Trinajstić information content (AvgIpc) is 3.13. The zero-order valence-corrected chi connectivity index (χ0v) is 19.6. The first-order chi connectivity index (χ1) is 14.9. The van der Waals surface area contributed by atoms with Crippen molar-refractivity contribution in [1.82, 2.24) is 14.8 Å². The molecule has 6 nitrogen and oxygen atoms in total. The van der Waals surface area contributed by atoms with Gasteiger partial charge in [-0.1, -0.05) is 56.8 Å². The van der Waals surface area contributed by atoms with Crippen molar-refractivity contribution in [3.63, 3.8) is 0 Å². The third-order valence-corrected chi connectivity index (χ3v) is 6.09. The Kier molecular flexibility index (Phi) is 7.74. The zero-order valence-electron chi connectivity index (χ0n) is 18.8. The number of rotatable bonds is 9. The molecule has 2 aromatic carbocycles. The largest absolute Gasteiger partial charge is 0.483 e. The predicted molar refractivity (Wildman–Crippen MR) is 126 cm³/mol. The van der Waals surface area contributed by atoms with Crippen LogP contribution in [-0.2, 0) is 18.3 Å². The van der Waals surface area contributed by atoms with E-state index >= 15 is 0 Å². The summed E-state index contributed by atoms with van der Waals surface area (Å²) in [5.74, 6) is 2.15. The van der Waals surface area contributed by atoms with Crippen LogP contribution in [0.4, 0.5) is 5.69 Å². The molecular weight excluding hydrogens is 408 g/mol. The second-order valence-corrected chi connectivity index (χ2v) is 8.71. The van der Waals surface area contributed by atoms with Gasteiger partial charge in [-0.2, -0.15) is 0 Å². The smallest absolute Gasteiger partial charge is 0.234 e. The summed E-state index contributed by atoms with van der Waals surface area (Å²) in [6.07, 6.45) is 0.740. The quantitative estimate of drug-likeness (QED) is 0.455. The topological polar surface area (TPSA) is 69.0 Å². The number of amides is 1. The van der Waals surface area contributed by atoms with E-state index in [2.05, 4.69) is 48.4 Å². The number of nitrogens with one attached hydrogen (secondary N) is 1. The number of aromatic nitrogens is 3. The first-order valence-corrected chi connectivity index (χ1v) is 11.5. The fourth-order valence-corrected chi connectivity index (χ4v) is 3.86. The van der Waals surface area contributed by atoms with Gasteiger partial charge in [0.25, 0.3) is 0 Å². The van der Waals surface area contributed by atoms with Gasteiger partial charge in [0.05, 0.1) is 5.75 Å². The first kappa shape index (κ1) is 22.9. The molecule has 0 unspecified atom stereocenters. The second-order valence-electron chi connectivity index (χ2n) is 7.77. The van der Waals surface area contributed by atoms with E-state index in [1.165, 1.54) is 22.9 Å². The number of benzene rings is 2. The molecule has 0 aliphatic carbocycles. The minimum Gasteiger partial charge on any atom is -0.483 e. The molecule has 0 spiro atoms. The van der Waals surface area contributed by atoms with Crippen molar-refractivity contribution in [1.29, 1.82) is 0 Å². The van der Waals surface area contributed by atoms with Gasteiger partial charge in [-0.05, 0) is 54.7 Å². The molecule has 0 bridgehead atoms. The minimum atomic E-state index is -0.257. The van der Waals surface area contributed by atoms with E-state index in [0.29, 0.717) is 16.9 Å². The van der Waals surface area contributed by atoms with E-state index in [0.717, 1.165) is 17.9 Å². The normalized spacial score (nSPS) is 12.1. The Balaban J connectivity index is 1.54. The van der Waals surface area contributed by atoms with E-state index in [-0.39, 0.29) is 17.8 Å². The van der Waals surface area contributed by atoms with E-state index in [1.807, 2.05) is 54.9 Å². The SMILES string of the molecule is CCc1ccc(O[C@H](C)c2nnc(SCC(=O)Nc3ccc(C(C)C)cc3)n2C)cc1. The van der Waals surface area contributed by atoms with Gasteiger partial charge in [-0.25, -0.2) is 0 Å². The van der Waals surface area contributed by atoms with Gasteiger partial charge in [-0.3, -0.25) is 4.79 Å². The predicted octanol–water partition coefficient (Wildman–Crippen LogP) is 5.37. The summed E-state index contributed by atoms with van der Waals surface area (Å²) in [6.45, 7) is 8.36. The van der Waals surface area contributed by atoms with Crippen LogP contribution >= 0.6 is 11.8 Å². The standard InChI is InChI=1S/C24H30N4O2S/c1-6-18-7-13-21(14-8-18)30-17(4)23-26-27-24(28(23)5)31-15-22(29)25-20-11-9-19(10-12-20)16(2)3/h7-14,16-17H,6,15H2,1-5H3,(H,25,29)/t17-/m1/s1. The molecule has 0 aliphatic heterocycles. The maximum absolute atomic E-state index is 12.3. The highest BCUT2D eigenvalue weighted by Gasteiger charge is 2.18. The Bertz CT molecular complexity index is 997. The Morgan fingerprint density at radius 2 is 1.74 bits per heavy atom. The second kappa shape index (κ2) is 10.5. The van der Waals surface area contributed by atoms with Crippen LogP contribution in [0, 0.1) is 0 Å². The van der Waals surface area contributed by atoms with Crippen LogP contribution in [0.25, 0.3) is 0 Å². The zero-order chi connectivity index (χ0) is 22.4. The summed E-state index contributed by atoms with van der Waals surface area (Å²) in [7, 11) is 1.89. The maximum atomic E-state index is 12.3. The average molecular weight is 439 g/mol. The van der Waals surface area contributed by atoms with Crippen molar-refractivity contribution < 1.29 is 9.53 Å². The Labute approximate surface area is 188 Å². The van der Waals surface area contributed by atoms with E-state index in [9.17, 15) is 4.79 Å². The summed E-state index contributed by atoms with van der Waals surface area (Å²) < 4.78 is 7.89. The molecule has 0 saturated heterocycles. The molecule has 0 aliphatic rings. The molecule has 3 aromatic rings. The molecule has 1 atom stereocenters. The lowest BCUT2D eigenvalue weighted by Gasteiger charge is -2.14. The molecule has 0 radical (unpaired) electrons. The van der Waals surface area contributed by atoms with Crippen LogP contribution in [0.5, 0.6) is 5.75 Å². The van der Waals surface area contributed by atoms with Gasteiger partial charge in [-0.15, -0.1) is 10.2 Å². The molecule has 0 fully saturated rings. The van der Waals surface area contributed by atoms with Gasteiger partial charge in [0, 0.05) is 12.7 Å². The van der Waals surface area contributed by atoms with E-state index in [1.54, 1.807) is 0 Å². The van der Waals surface area contributed by atoms with E-state index in [4.69, 9.17) is 4.74 Å². The number of carbonyl (C=O) groups excluding carboxylic acids is 1. The highest BCUT2D eigenvalue weighted by atomic mass is 32.2. The lowest BCUT2D eigenvalue weighted by Crippen LogP contribution is -2.15. The van der Waals surface area contributed by atoms with Crippen LogP contribution in [0.1, 0.15) is 56.7 Å². The van der Waals surface area contributed by atoms with Gasteiger partial charge in [0.2, 0.25) is 5.91 Å². The molecule has 1 aromatic heterocycles. The number of carbonyl (C=O) groups is 1. The number of nitrogens with zero attached hydrogens (tertiary/aromatic N) is 3. The molecular formula is C24H30N4O2S. The van der Waals surface area contributed by atoms with Crippen LogP contribution in [0.2, 0.25) is 0 Å². The highest BCUT2D eigenvalue weighted by molar-refractivity contribution is 7.99. The molecule has 7 heteroatoms. The minimum absolute atomic E-state index is 0.0767. The monoisotopic (exact) mass is 438 g/mol. The molecule has 1 heterocycles. The fourth-order valence-electron chi connectivity index (χ4n) is 3.14. The lowest BCUT2D eigenvalue weighted by molar-refractivity contribution is -0.113. The molecule has 3 rings (SSSR count). The Morgan fingerprint density at radius 3 is 2.35 bits per heavy atom. The van der Waals surface area contributed by atoms with Crippen molar-refractivity contribution in [2.24, 2.45) is 7.05 Å². The summed E-state index contributed by atoms with van der Waals surface area (Å²) in [5, 5.41) is 12.1. The van der Waals surface area contributed by atoms with Crippen molar-refractivity contribution in [2.45, 2.75) is 51.3 Å². The maximum Gasteiger partial charge on any atom is 0.234 e. The van der Waals surface area contributed by atoms with Gasteiger partial charge in [0.1, 0.15) is 5.75 Å². The number of ether oxygens (including phenoxy) is 1. The molecule has 0 saturated carbocycles. The number of thioether (sulfide) groups is 1. The number of hydrogen-bond donors (Lipinski definition) is 1. The molecule has 1 N–H and O–H groups in total. The van der Waals surface area contributed by atoms with Gasteiger partial charge >= 0.3 is 0 Å². The van der Waals surface area contributed by atoms with Crippen LogP contribution in [0.3, 0.4) is 0 Å². The Morgan fingerprint density at radius 1 is 1.06 bits per heavy atom. The van der Waals surface area contributed by atoms with Crippen molar-refractivity contribution in [2.75, 3.05) is 11.1 Å². The number of hydrogen-bond acceptors (Lipinski definition) is 5.